The van der Waals surface area contributed by atoms with E-state index in [4.69, 9.17) is 4.74 Å². The molecular weight excluding hydrogens is 496 g/mol. The van der Waals surface area contributed by atoms with Crippen molar-refractivity contribution in [3.63, 3.8) is 0 Å². The summed E-state index contributed by atoms with van der Waals surface area (Å²) in [6.45, 7) is 10.9. The molecule has 1 aromatic carbocycles. The number of nitrogens with one attached hydrogen (secondary N) is 1. The van der Waals surface area contributed by atoms with Gasteiger partial charge in [0.25, 0.3) is 5.91 Å². The van der Waals surface area contributed by atoms with Crippen molar-refractivity contribution in [3.05, 3.63) is 41.5 Å². The fourth-order valence-corrected chi connectivity index (χ4v) is 9.96. The number of hydrogen-bond donors (Lipinski definition) is 4. The number of cyclic esters (lactones) is 1. The Bertz CT molecular complexity index is 1250. The number of amides is 1. The molecule has 2 saturated heterocycles. The molecule has 1 amide bonds. The first kappa shape index (κ1) is 26.9. The first-order chi connectivity index (χ1) is 18.4. The number of esters is 1. The fourth-order valence-electron chi connectivity index (χ4n) is 9.96. The Balaban J connectivity index is 1.48. The molecule has 39 heavy (non-hydrogen) atoms. The highest BCUT2D eigenvalue weighted by atomic mass is 16.6. The summed E-state index contributed by atoms with van der Waals surface area (Å²) in [4.78, 5) is 30.0. The van der Waals surface area contributed by atoms with Crippen molar-refractivity contribution in [2.45, 2.75) is 70.6 Å². The lowest BCUT2D eigenvalue weighted by molar-refractivity contribution is -0.165. The van der Waals surface area contributed by atoms with Crippen LogP contribution in [0.1, 0.15) is 57.1 Å². The normalized spacial score (nSPS) is 45.5. The number of likely N-dealkylation sites (tertiary alicyclic amines) is 1. The molecule has 4 fully saturated rings. The van der Waals surface area contributed by atoms with Gasteiger partial charge in [0.2, 0.25) is 0 Å². The number of ether oxygens (including phenoxy) is 1. The van der Waals surface area contributed by atoms with Crippen LogP contribution < -0.4 is 5.32 Å². The zero-order valence-electron chi connectivity index (χ0n) is 23.5. The monoisotopic (exact) mass is 538 g/mol. The Kier molecular flexibility index (Phi) is 5.95. The van der Waals surface area contributed by atoms with Gasteiger partial charge in [-0.05, 0) is 75.3 Å². The Morgan fingerprint density at radius 3 is 2.59 bits per heavy atom. The molecule has 212 valence electrons. The van der Waals surface area contributed by atoms with E-state index in [1.54, 1.807) is 0 Å². The number of aliphatic hydroxyl groups excluding tert-OH is 3. The number of anilines is 1. The third-order valence-corrected chi connectivity index (χ3v) is 11.9. The number of benzene rings is 1. The van der Waals surface area contributed by atoms with Crippen LogP contribution in [0.3, 0.4) is 0 Å². The van der Waals surface area contributed by atoms with Crippen molar-refractivity contribution in [3.8, 4) is 0 Å². The SMILES string of the molecule is C=C1CC[C@@H]2[C@](C)(CO)[C@H](O)CC[C@]2(C)[C@@H]1CC1CN(C)[C@@]2(C(=O)Nc3ccc(C)cc32)[C@@]12C(=O)OC[C@H]2O. The number of carbonyl (C=O) groups excluding carboxylic acids is 2. The molecule has 5 aliphatic rings. The molecule has 3 aliphatic heterocycles. The minimum absolute atomic E-state index is 0.00194. The number of likely N-dealkylation sites (N-methyl/N-ethyl adjacent to an activating group) is 1. The van der Waals surface area contributed by atoms with E-state index in [2.05, 4.69) is 18.8 Å². The molecule has 4 N–H and O–H groups in total. The maximum Gasteiger partial charge on any atom is 0.318 e. The van der Waals surface area contributed by atoms with Gasteiger partial charge in [0, 0.05) is 23.2 Å². The second kappa shape index (κ2) is 8.62. The van der Waals surface area contributed by atoms with E-state index in [0.717, 1.165) is 36.0 Å². The Morgan fingerprint density at radius 1 is 1.18 bits per heavy atom. The number of aryl methyl sites for hydroxylation is 1. The van der Waals surface area contributed by atoms with Gasteiger partial charge in [0.15, 0.2) is 0 Å². The predicted molar refractivity (Wildman–Crippen MR) is 146 cm³/mol. The van der Waals surface area contributed by atoms with Crippen LogP contribution in [0.15, 0.2) is 30.4 Å². The van der Waals surface area contributed by atoms with Crippen molar-refractivity contribution in [1.29, 1.82) is 0 Å². The number of nitrogens with zero attached hydrogens (tertiary/aromatic N) is 1. The first-order valence-electron chi connectivity index (χ1n) is 14.3. The first-order valence-corrected chi connectivity index (χ1v) is 14.3. The van der Waals surface area contributed by atoms with Gasteiger partial charge >= 0.3 is 5.97 Å². The van der Waals surface area contributed by atoms with E-state index in [-0.39, 0.29) is 42.3 Å². The summed E-state index contributed by atoms with van der Waals surface area (Å²) in [5.74, 6) is -1.10. The lowest BCUT2D eigenvalue weighted by atomic mass is 9.45. The van der Waals surface area contributed by atoms with Gasteiger partial charge in [-0.3, -0.25) is 14.5 Å². The number of rotatable bonds is 3. The van der Waals surface area contributed by atoms with E-state index in [1.165, 1.54) is 0 Å². The molecule has 1 unspecified atom stereocenters. The second-order valence-electron chi connectivity index (χ2n) is 13.5. The molecule has 0 radical (unpaired) electrons. The highest BCUT2D eigenvalue weighted by Gasteiger charge is 2.79. The van der Waals surface area contributed by atoms with Gasteiger partial charge in [-0.2, -0.15) is 0 Å². The molecule has 0 bridgehead atoms. The summed E-state index contributed by atoms with van der Waals surface area (Å²) < 4.78 is 5.59. The zero-order valence-corrected chi connectivity index (χ0v) is 23.5. The largest absolute Gasteiger partial charge is 0.462 e. The van der Waals surface area contributed by atoms with E-state index < -0.39 is 34.5 Å². The smallest absolute Gasteiger partial charge is 0.318 e. The average molecular weight is 539 g/mol. The fraction of sp³-hybridized carbons (Fsp3) is 0.677. The number of hydrogen-bond acceptors (Lipinski definition) is 7. The van der Waals surface area contributed by atoms with E-state index in [9.17, 15) is 24.9 Å². The van der Waals surface area contributed by atoms with Crippen molar-refractivity contribution < 1.29 is 29.6 Å². The Labute approximate surface area is 230 Å². The average Bonchev–Trinajstić information content (AvgIpc) is 3.46. The van der Waals surface area contributed by atoms with Gasteiger partial charge in [-0.1, -0.05) is 43.7 Å². The number of fused-ring (bicyclic) bond motifs is 4. The van der Waals surface area contributed by atoms with E-state index in [1.807, 2.05) is 44.0 Å². The molecule has 1 aromatic rings. The molecule has 8 nitrogen and oxygen atoms in total. The number of carbonyl (C=O) groups is 2. The van der Waals surface area contributed by atoms with Crippen molar-refractivity contribution in [2.24, 2.45) is 34.0 Å². The topological polar surface area (TPSA) is 119 Å². The van der Waals surface area contributed by atoms with Crippen molar-refractivity contribution >= 4 is 17.6 Å². The van der Waals surface area contributed by atoms with Crippen LogP contribution in [0.25, 0.3) is 0 Å². The third-order valence-electron chi connectivity index (χ3n) is 11.9. The standard InChI is InChI=1S/C31H42N2O6/c1-17-6-8-22-21(12-17)31(26(37)32-22)30(25(36)15-39-27(30)38)19(14-33(31)5)13-20-18(2)7-9-23-28(20,3)11-10-24(35)29(23,4)16-34/h6,8,12,19-20,23-25,34-36H,2,7,9-11,13-16H2,1,3-5H3,(H,32,37)/t19?,20-,23+,24-,25-,28-,29+,30+,31+/m1/s1. The van der Waals surface area contributed by atoms with Crippen LogP contribution in [0.5, 0.6) is 0 Å². The summed E-state index contributed by atoms with van der Waals surface area (Å²) in [5, 5.41) is 36.1. The van der Waals surface area contributed by atoms with Gasteiger partial charge in [0.05, 0.1) is 12.7 Å². The number of allylic oxidation sites excluding steroid dienone is 1. The predicted octanol–water partition coefficient (Wildman–Crippen LogP) is 2.74. The molecule has 8 heteroatoms. The van der Waals surface area contributed by atoms with Crippen LogP contribution in [0, 0.1) is 40.9 Å². The maximum absolute atomic E-state index is 14.0. The van der Waals surface area contributed by atoms with Crippen molar-refractivity contribution in [2.75, 3.05) is 32.1 Å². The summed E-state index contributed by atoms with van der Waals surface area (Å²) in [6.07, 6.45) is 1.85. The Morgan fingerprint density at radius 2 is 1.92 bits per heavy atom. The molecule has 2 saturated carbocycles. The quantitative estimate of drug-likeness (QED) is 0.345. The molecule has 2 spiro atoms. The van der Waals surface area contributed by atoms with Crippen LogP contribution in [-0.4, -0.2) is 71.1 Å². The van der Waals surface area contributed by atoms with Crippen molar-refractivity contribution in [1.82, 2.24) is 4.90 Å². The van der Waals surface area contributed by atoms with E-state index >= 15 is 0 Å². The van der Waals surface area contributed by atoms with Gasteiger partial charge in [0.1, 0.15) is 23.7 Å². The second-order valence-corrected chi connectivity index (χ2v) is 13.5. The number of aliphatic hydroxyl groups is 3. The highest BCUT2D eigenvalue weighted by Crippen LogP contribution is 2.67. The third kappa shape index (κ3) is 3.09. The minimum atomic E-state index is -1.47. The summed E-state index contributed by atoms with van der Waals surface area (Å²) in [7, 11) is 1.87. The van der Waals surface area contributed by atoms with Crippen LogP contribution in [0.4, 0.5) is 5.69 Å². The minimum Gasteiger partial charge on any atom is -0.462 e. The lowest BCUT2D eigenvalue weighted by Crippen LogP contribution is -2.62. The summed E-state index contributed by atoms with van der Waals surface area (Å²) in [5.41, 5.74) is -0.260. The van der Waals surface area contributed by atoms with Crippen LogP contribution in [-0.2, 0) is 19.9 Å². The van der Waals surface area contributed by atoms with E-state index in [0.29, 0.717) is 25.1 Å². The molecule has 9 atom stereocenters. The zero-order chi connectivity index (χ0) is 28.1. The Hall–Kier alpha value is -2.26. The highest BCUT2D eigenvalue weighted by molar-refractivity contribution is 6.10. The van der Waals surface area contributed by atoms with Gasteiger partial charge < -0.3 is 25.4 Å². The maximum atomic E-state index is 14.0. The van der Waals surface area contributed by atoms with Gasteiger partial charge in [-0.25, -0.2) is 0 Å². The van der Waals surface area contributed by atoms with Gasteiger partial charge in [-0.15, -0.1) is 0 Å². The van der Waals surface area contributed by atoms with Crippen LogP contribution in [0.2, 0.25) is 0 Å². The lowest BCUT2D eigenvalue weighted by Gasteiger charge is -2.60. The summed E-state index contributed by atoms with van der Waals surface area (Å²) in [6, 6.07) is 5.76. The van der Waals surface area contributed by atoms with Crippen LogP contribution >= 0.6 is 0 Å². The summed E-state index contributed by atoms with van der Waals surface area (Å²) >= 11 is 0. The molecule has 0 aromatic heterocycles. The molecule has 2 aliphatic carbocycles. The molecule has 3 heterocycles. The molecule has 6 rings (SSSR count). The molecular formula is C31H42N2O6.